The second-order valence-electron chi connectivity index (χ2n) is 1.34. The SMILES string of the molecule is Cn1cc(N=O)nn1. The maximum Gasteiger partial charge on any atom is 0.237 e. The lowest BCUT2D eigenvalue weighted by molar-refractivity contribution is 0.715. The summed E-state index contributed by atoms with van der Waals surface area (Å²) in [6, 6.07) is 0. The van der Waals surface area contributed by atoms with E-state index in [1.165, 1.54) is 10.9 Å². The molecule has 1 aromatic heterocycles. The summed E-state index contributed by atoms with van der Waals surface area (Å²) in [4.78, 5) is 9.65. The van der Waals surface area contributed by atoms with E-state index in [-0.39, 0.29) is 5.82 Å². The lowest BCUT2D eigenvalue weighted by atomic mass is 10.8. The zero-order chi connectivity index (χ0) is 5.98. The van der Waals surface area contributed by atoms with Gasteiger partial charge in [-0.15, -0.1) is 10.0 Å². The zero-order valence-corrected chi connectivity index (χ0v) is 4.27. The van der Waals surface area contributed by atoms with E-state index in [9.17, 15) is 4.91 Å². The molecule has 0 aliphatic carbocycles. The molecule has 0 amide bonds. The number of hydrogen-bond donors (Lipinski definition) is 0. The van der Waals surface area contributed by atoms with Crippen LogP contribution in [0.2, 0.25) is 0 Å². The van der Waals surface area contributed by atoms with Gasteiger partial charge in [0.05, 0.1) is 6.20 Å². The molecule has 0 aliphatic heterocycles. The Balaban J connectivity index is 3.00. The molecular formula is C3H4N4O. The summed E-state index contributed by atoms with van der Waals surface area (Å²) in [5, 5.41) is 9.38. The second-order valence-corrected chi connectivity index (χ2v) is 1.34. The number of nitroso groups, excluding NO2 is 1. The van der Waals surface area contributed by atoms with Crippen LogP contribution in [0.3, 0.4) is 0 Å². The van der Waals surface area contributed by atoms with Crippen LogP contribution < -0.4 is 0 Å². The van der Waals surface area contributed by atoms with E-state index in [4.69, 9.17) is 0 Å². The molecule has 42 valence electrons. The molecule has 8 heavy (non-hydrogen) atoms. The van der Waals surface area contributed by atoms with Crippen LogP contribution in [0.4, 0.5) is 5.82 Å². The normalized spacial score (nSPS) is 9.12. The van der Waals surface area contributed by atoms with Crippen molar-refractivity contribution in [1.82, 2.24) is 15.0 Å². The van der Waals surface area contributed by atoms with Crippen LogP contribution in [0.1, 0.15) is 0 Å². The predicted molar refractivity (Wildman–Crippen MR) is 26.5 cm³/mol. The minimum absolute atomic E-state index is 0.118. The number of nitrogens with zero attached hydrogens (tertiary/aromatic N) is 4. The number of hydrogen-bond acceptors (Lipinski definition) is 4. The molecule has 0 atom stereocenters. The van der Waals surface area contributed by atoms with Crippen molar-refractivity contribution in [2.45, 2.75) is 0 Å². The maximum absolute atomic E-state index is 9.65. The molecule has 0 unspecified atom stereocenters. The summed E-state index contributed by atoms with van der Waals surface area (Å²) in [5.74, 6) is 0.118. The van der Waals surface area contributed by atoms with E-state index < -0.39 is 0 Å². The van der Waals surface area contributed by atoms with Crippen LogP contribution in [0.5, 0.6) is 0 Å². The Morgan fingerprint density at radius 3 is 2.88 bits per heavy atom. The highest BCUT2D eigenvalue weighted by Gasteiger charge is 1.92. The molecule has 0 bridgehead atoms. The summed E-state index contributed by atoms with van der Waals surface area (Å²) in [6.45, 7) is 0. The smallest absolute Gasteiger partial charge is 0.237 e. The predicted octanol–water partition coefficient (Wildman–Crippen LogP) is 0.213. The van der Waals surface area contributed by atoms with Crippen LogP contribution in [-0.2, 0) is 7.05 Å². The first-order chi connectivity index (χ1) is 3.83. The van der Waals surface area contributed by atoms with Crippen LogP contribution in [-0.4, -0.2) is 15.0 Å². The molecule has 1 aromatic rings. The van der Waals surface area contributed by atoms with Crippen molar-refractivity contribution < 1.29 is 0 Å². The minimum atomic E-state index is 0.118. The van der Waals surface area contributed by atoms with E-state index >= 15 is 0 Å². The molecule has 0 fully saturated rings. The van der Waals surface area contributed by atoms with E-state index in [0.29, 0.717) is 0 Å². The fourth-order valence-electron chi connectivity index (χ4n) is 0.377. The molecule has 0 saturated heterocycles. The Morgan fingerprint density at radius 2 is 2.62 bits per heavy atom. The van der Waals surface area contributed by atoms with Gasteiger partial charge in [0.15, 0.2) is 0 Å². The van der Waals surface area contributed by atoms with Gasteiger partial charge in [-0.3, -0.25) is 4.68 Å². The van der Waals surface area contributed by atoms with Crippen molar-refractivity contribution >= 4 is 5.82 Å². The van der Waals surface area contributed by atoms with Crippen LogP contribution in [0.25, 0.3) is 0 Å². The molecule has 5 heteroatoms. The first kappa shape index (κ1) is 4.89. The molecule has 0 aliphatic rings. The number of aryl methyl sites for hydroxylation is 1. The van der Waals surface area contributed by atoms with Gasteiger partial charge in [-0.1, -0.05) is 5.21 Å². The van der Waals surface area contributed by atoms with Gasteiger partial charge in [0, 0.05) is 7.05 Å². The summed E-state index contributed by atoms with van der Waals surface area (Å²) >= 11 is 0. The summed E-state index contributed by atoms with van der Waals surface area (Å²) in [7, 11) is 1.67. The van der Waals surface area contributed by atoms with E-state index in [1.807, 2.05) is 0 Å². The molecule has 0 radical (unpaired) electrons. The van der Waals surface area contributed by atoms with Crippen LogP contribution >= 0.6 is 0 Å². The Hall–Kier alpha value is -1.26. The van der Waals surface area contributed by atoms with Gasteiger partial charge in [-0.2, -0.15) is 0 Å². The lowest BCUT2D eigenvalue weighted by Gasteiger charge is -1.74. The van der Waals surface area contributed by atoms with Gasteiger partial charge in [0.1, 0.15) is 0 Å². The van der Waals surface area contributed by atoms with Crippen LogP contribution in [0, 0.1) is 4.91 Å². The second kappa shape index (κ2) is 1.69. The minimum Gasteiger partial charge on any atom is -0.253 e. The van der Waals surface area contributed by atoms with E-state index in [1.54, 1.807) is 7.05 Å². The van der Waals surface area contributed by atoms with Crippen molar-refractivity contribution in [2.24, 2.45) is 12.2 Å². The highest BCUT2D eigenvalue weighted by Crippen LogP contribution is 2.00. The van der Waals surface area contributed by atoms with Crippen LogP contribution in [0.15, 0.2) is 11.4 Å². The number of rotatable bonds is 1. The molecule has 0 aromatic carbocycles. The molecule has 0 spiro atoms. The van der Waals surface area contributed by atoms with Crippen molar-refractivity contribution in [3.63, 3.8) is 0 Å². The van der Waals surface area contributed by atoms with Gasteiger partial charge < -0.3 is 0 Å². The van der Waals surface area contributed by atoms with Gasteiger partial charge in [0.2, 0.25) is 5.82 Å². The molecule has 1 heterocycles. The summed E-state index contributed by atoms with van der Waals surface area (Å²) in [6.07, 6.45) is 1.44. The Bertz CT molecular complexity index is 193. The third kappa shape index (κ3) is 0.699. The Morgan fingerprint density at radius 1 is 1.88 bits per heavy atom. The monoisotopic (exact) mass is 112 g/mol. The summed E-state index contributed by atoms with van der Waals surface area (Å²) < 4.78 is 1.41. The largest absolute Gasteiger partial charge is 0.253 e. The maximum atomic E-state index is 9.65. The third-order valence-corrected chi connectivity index (χ3v) is 0.684. The standard InChI is InChI=1S/C3H4N4O/c1-7-2-3(5-8)4-6-7/h2H,1H3. The Labute approximate surface area is 45.3 Å². The fraction of sp³-hybridized carbons (Fsp3) is 0.333. The molecule has 0 saturated carbocycles. The van der Waals surface area contributed by atoms with Gasteiger partial charge in [0.25, 0.3) is 0 Å². The van der Waals surface area contributed by atoms with Crippen molar-refractivity contribution in [3.8, 4) is 0 Å². The van der Waals surface area contributed by atoms with Gasteiger partial charge in [-0.05, 0) is 5.18 Å². The highest BCUT2D eigenvalue weighted by molar-refractivity contribution is 5.18. The quantitative estimate of drug-likeness (QED) is 0.488. The third-order valence-electron chi connectivity index (χ3n) is 0.684. The average Bonchev–Trinajstić information content (AvgIpc) is 2.14. The molecular weight excluding hydrogens is 108 g/mol. The highest BCUT2D eigenvalue weighted by atomic mass is 16.3. The van der Waals surface area contributed by atoms with E-state index in [0.717, 1.165) is 0 Å². The van der Waals surface area contributed by atoms with E-state index in [2.05, 4.69) is 15.5 Å². The molecule has 0 N–H and O–H groups in total. The first-order valence-corrected chi connectivity index (χ1v) is 2.02. The molecule has 5 nitrogen and oxygen atoms in total. The first-order valence-electron chi connectivity index (χ1n) is 2.02. The zero-order valence-electron chi connectivity index (χ0n) is 4.27. The Kier molecular flexibility index (Phi) is 1.03. The average molecular weight is 112 g/mol. The topological polar surface area (TPSA) is 60.1 Å². The van der Waals surface area contributed by atoms with Gasteiger partial charge in [-0.25, -0.2) is 0 Å². The van der Waals surface area contributed by atoms with Crippen molar-refractivity contribution in [1.29, 1.82) is 0 Å². The van der Waals surface area contributed by atoms with Crippen molar-refractivity contribution in [3.05, 3.63) is 11.1 Å². The number of aromatic nitrogens is 3. The lowest BCUT2D eigenvalue weighted by Crippen LogP contribution is -1.85. The van der Waals surface area contributed by atoms with Gasteiger partial charge >= 0.3 is 0 Å². The molecule has 1 rings (SSSR count). The van der Waals surface area contributed by atoms with Crippen molar-refractivity contribution in [2.75, 3.05) is 0 Å². The summed E-state index contributed by atoms with van der Waals surface area (Å²) in [5.41, 5.74) is 0. The fourth-order valence-corrected chi connectivity index (χ4v) is 0.377.